The van der Waals surface area contributed by atoms with E-state index in [0.29, 0.717) is 6.61 Å². The van der Waals surface area contributed by atoms with Crippen LogP contribution in [-0.2, 0) is 9.22 Å². The summed E-state index contributed by atoms with van der Waals surface area (Å²) in [4.78, 5) is 10.9. The third-order valence-electron chi connectivity index (χ3n) is 4.87. The van der Waals surface area contributed by atoms with Gasteiger partial charge in [0, 0.05) is 13.0 Å². The molecule has 0 saturated heterocycles. The normalized spacial score (nSPS) is 13.4. The molecule has 0 aliphatic heterocycles. The van der Waals surface area contributed by atoms with Crippen molar-refractivity contribution in [3.8, 4) is 0 Å². The molecule has 0 aromatic heterocycles. The standard InChI is InChI=1S/C22H30O3Si/c1-18(17-21(23)24)15-16-25-26(22(2,3)4,19-11-7-5-8-12-19)20-13-9-6-10-14-20/h5-14,18H,15-17H2,1-4H3,(H,23,24)/t18-/m1/s1. The highest BCUT2D eigenvalue weighted by atomic mass is 28.4. The first-order valence-corrected chi connectivity index (χ1v) is 11.1. The maximum absolute atomic E-state index is 10.9. The monoisotopic (exact) mass is 370 g/mol. The van der Waals surface area contributed by atoms with Crippen LogP contribution < -0.4 is 10.4 Å². The average molecular weight is 371 g/mol. The first-order chi connectivity index (χ1) is 12.3. The summed E-state index contributed by atoms with van der Waals surface area (Å²) in [5, 5.41) is 11.5. The maximum Gasteiger partial charge on any atom is 0.303 e. The summed E-state index contributed by atoms with van der Waals surface area (Å²) in [5.41, 5.74) is 0. The second-order valence-corrected chi connectivity index (χ2v) is 12.3. The lowest BCUT2D eigenvalue weighted by atomic mass is 10.1. The molecule has 140 valence electrons. The first kappa shape index (κ1) is 20.4. The molecule has 0 spiro atoms. The van der Waals surface area contributed by atoms with E-state index in [4.69, 9.17) is 9.53 Å². The fraction of sp³-hybridized carbons (Fsp3) is 0.409. The number of carboxylic acid groups (broad SMARTS) is 1. The van der Waals surface area contributed by atoms with E-state index in [2.05, 4.69) is 69.3 Å². The summed E-state index contributed by atoms with van der Waals surface area (Å²) in [6, 6.07) is 21.0. The Morgan fingerprint density at radius 1 is 1.00 bits per heavy atom. The van der Waals surface area contributed by atoms with E-state index >= 15 is 0 Å². The lowest BCUT2D eigenvalue weighted by molar-refractivity contribution is -0.138. The second-order valence-electron chi connectivity index (χ2n) is 8.00. The van der Waals surface area contributed by atoms with Crippen molar-refractivity contribution < 1.29 is 14.3 Å². The Kier molecular flexibility index (Phi) is 6.79. The fourth-order valence-corrected chi connectivity index (χ4v) is 8.15. The van der Waals surface area contributed by atoms with E-state index < -0.39 is 14.3 Å². The topological polar surface area (TPSA) is 46.5 Å². The van der Waals surface area contributed by atoms with Crippen molar-refractivity contribution in [2.75, 3.05) is 6.61 Å². The molecule has 2 aromatic rings. The van der Waals surface area contributed by atoms with Crippen LogP contribution in [0.1, 0.15) is 40.5 Å². The van der Waals surface area contributed by atoms with Gasteiger partial charge in [0.05, 0.1) is 0 Å². The SMILES string of the molecule is C[C@H](CCO[Si](c1ccccc1)(c1ccccc1)C(C)(C)C)CC(=O)O. The Labute approximate surface area is 158 Å². The number of rotatable bonds is 8. The van der Waals surface area contributed by atoms with Gasteiger partial charge in [-0.1, -0.05) is 88.4 Å². The summed E-state index contributed by atoms with van der Waals surface area (Å²) < 4.78 is 6.76. The molecule has 0 aliphatic carbocycles. The van der Waals surface area contributed by atoms with E-state index in [9.17, 15) is 4.79 Å². The van der Waals surface area contributed by atoms with Gasteiger partial charge in [-0.15, -0.1) is 0 Å². The Morgan fingerprint density at radius 3 is 1.85 bits per heavy atom. The minimum Gasteiger partial charge on any atom is -0.481 e. The van der Waals surface area contributed by atoms with Crippen molar-refractivity contribution in [1.29, 1.82) is 0 Å². The van der Waals surface area contributed by atoms with Gasteiger partial charge in [0.25, 0.3) is 8.32 Å². The van der Waals surface area contributed by atoms with Crippen LogP contribution in [0.25, 0.3) is 0 Å². The molecule has 2 aromatic carbocycles. The number of carboxylic acids is 1. The van der Waals surface area contributed by atoms with Crippen LogP contribution in [0.4, 0.5) is 0 Å². The summed E-state index contributed by atoms with van der Waals surface area (Å²) in [7, 11) is -2.50. The molecule has 3 nitrogen and oxygen atoms in total. The Balaban J connectivity index is 2.39. The van der Waals surface area contributed by atoms with Gasteiger partial charge in [0.1, 0.15) is 0 Å². The number of benzene rings is 2. The lowest BCUT2D eigenvalue weighted by Gasteiger charge is -2.43. The molecule has 4 heteroatoms. The predicted octanol–water partition coefficient (Wildman–Crippen LogP) is 4.06. The van der Waals surface area contributed by atoms with Crippen molar-refractivity contribution in [1.82, 2.24) is 0 Å². The van der Waals surface area contributed by atoms with Crippen LogP contribution in [0.2, 0.25) is 5.04 Å². The van der Waals surface area contributed by atoms with Crippen LogP contribution in [0.15, 0.2) is 60.7 Å². The van der Waals surface area contributed by atoms with Gasteiger partial charge < -0.3 is 9.53 Å². The molecule has 0 aliphatic rings. The van der Waals surface area contributed by atoms with E-state index in [1.54, 1.807) is 0 Å². The van der Waals surface area contributed by atoms with Crippen LogP contribution in [0, 0.1) is 5.92 Å². The Morgan fingerprint density at radius 2 is 1.46 bits per heavy atom. The molecule has 0 heterocycles. The number of hydrogen-bond acceptors (Lipinski definition) is 2. The van der Waals surface area contributed by atoms with E-state index in [0.717, 1.165) is 6.42 Å². The third kappa shape index (κ3) is 4.62. The molecule has 26 heavy (non-hydrogen) atoms. The zero-order valence-electron chi connectivity index (χ0n) is 16.2. The minimum absolute atomic E-state index is 0.0499. The van der Waals surface area contributed by atoms with E-state index in [1.807, 2.05) is 19.1 Å². The van der Waals surface area contributed by atoms with Crippen LogP contribution in [0.3, 0.4) is 0 Å². The highest BCUT2D eigenvalue weighted by Gasteiger charge is 2.49. The smallest absolute Gasteiger partial charge is 0.303 e. The fourth-order valence-electron chi connectivity index (χ4n) is 3.57. The minimum atomic E-state index is -2.50. The van der Waals surface area contributed by atoms with Crippen molar-refractivity contribution in [3.63, 3.8) is 0 Å². The quantitative estimate of drug-likeness (QED) is 0.713. The van der Waals surface area contributed by atoms with Crippen LogP contribution >= 0.6 is 0 Å². The van der Waals surface area contributed by atoms with Gasteiger partial charge in [-0.2, -0.15) is 0 Å². The summed E-state index contributed by atoms with van der Waals surface area (Å²) in [6.07, 6.45) is 0.931. The molecule has 0 bridgehead atoms. The van der Waals surface area contributed by atoms with Crippen molar-refractivity contribution in [2.24, 2.45) is 5.92 Å². The van der Waals surface area contributed by atoms with E-state index in [-0.39, 0.29) is 17.4 Å². The molecule has 1 N–H and O–H groups in total. The van der Waals surface area contributed by atoms with Crippen molar-refractivity contribution in [3.05, 3.63) is 60.7 Å². The van der Waals surface area contributed by atoms with Gasteiger partial charge in [-0.3, -0.25) is 4.79 Å². The summed E-state index contributed by atoms with van der Waals surface area (Å²) in [6.45, 7) is 9.30. The van der Waals surface area contributed by atoms with Gasteiger partial charge >= 0.3 is 5.97 Å². The predicted molar refractivity (Wildman–Crippen MR) is 110 cm³/mol. The highest BCUT2D eigenvalue weighted by Crippen LogP contribution is 2.36. The lowest BCUT2D eigenvalue weighted by Crippen LogP contribution is -2.66. The van der Waals surface area contributed by atoms with Gasteiger partial charge in [-0.05, 0) is 27.8 Å². The summed E-state index contributed by atoms with van der Waals surface area (Å²) in [5.74, 6) is -0.645. The Hall–Kier alpha value is -1.91. The second kappa shape index (κ2) is 8.65. The zero-order chi connectivity index (χ0) is 19.2. The van der Waals surface area contributed by atoms with Gasteiger partial charge in [0.15, 0.2) is 0 Å². The molecule has 0 radical (unpaired) electrons. The molecular formula is C22H30O3Si. The zero-order valence-corrected chi connectivity index (χ0v) is 17.2. The van der Waals surface area contributed by atoms with Crippen molar-refractivity contribution in [2.45, 2.75) is 45.6 Å². The highest BCUT2D eigenvalue weighted by molar-refractivity contribution is 6.99. The average Bonchev–Trinajstić information content (AvgIpc) is 2.58. The molecule has 0 amide bonds. The maximum atomic E-state index is 10.9. The molecule has 2 rings (SSSR count). The number of aliphatic carboxylic acids is 1. The van der Waals surface area contributed by atoms with Crippen LogP contribution in [0.5, 0.6) is 0 Å². The van der Waals surface area contributed by atoms with E-state index in [1.165, 1.54) is 10.4 Å². The first-order valence-electron chi connectivity index (χ1n) is 9.24. The number of hydrogen-bond donors (Lipinski definition) is 1. The van der Waals surface area contributed by atoms with Crippen molar-refractivity contribution >= 4 is 24.7 Å². The molecule has 0 saturated carbocycles. The number of carbonyl (C=O) groups is 1. The largest absolute Gasteiger partial charge is 0.481 e. The molecular weight excluding hydrogens is 340 g/mol. The summed E-state index contributed by atoms with van der Waals surface area (Å²) >= 11 is 0. The molecule has 0 unspecified atom stereocenters. The molecule has 1 atom stereocenters. The van der Waals surface area contributed by atoms with Gasteiger partial charge in [0.2, 0.25) is 0 Å². The van der Waals surface area contributed by atoms with Gasteiger partial charge in [-0.25, -0.2) is 0 Å². The third-order valence-corrected chi connectivity index (χ3v) is 9.91. The molecule has 0 fully saturated rings. The Bertz CT molecular complexity index is 653. The van der Waals surface area contributed by atoms with Crippen LogP contribution in [-0.4, -0.2) is 26.0 Å².